The fourth-order valence-electron chi connectivity index (χ4n) is 5.30. The summed E-state index contributed by atoms with van der Waals surface area (Å²) < 4.78 is 7.46. The van der Waals surface area contributed by atoms with Gasteiger partial charge in [0.1, 0.15) is 35.6 Å². The maximum absolute atomic E-state index is 13.6. The van der Waals surface area contributed by atoms with Crippen LogP contribution in [0, 0.1) is 5.92 Å². The molecule has 0 saturated carbocycles. The van der Waals surface area contributed by atoms with Crippen molar-refractivity contribution < 1.29 is 33.8 Å². The van der Waals surface area contributed by atoms with Gasteiger partial charge in [-0.25, -0.2) is 0 Å². The fourth-order valence-corrected chi connectivity index (χ4v) is 5.30. The predicted octanol–water partition coefficient (Wildman–Crippen LogP) is 0.619. The van der Waals surface area contributed by atoms with Gasteiger partial charge in [-0.05, 0) is 49.9 Å². The Morgan fingerprint density at radius 1 is 0.880 bits per heavy atom. The number of benzene rings is 2. The zero-order chi connectivity index (χ0) is 36.2. The fraction of sp³-hybridized carbons (Fsp3) is 0.457. The van der Waals surface area contributed by atoms with E-state index in [9.17, 15) is 29.1 Å². The summed E-state index contributed by atoms with van der Waals surface area (Å²) in [5.74, 6) is -2.72. The van der Waals surface area contributed by atoms with Crippen LogP contribution in [0.3, 0.4) is 0 Å². The lowest BCUT2D eigenvalue weighted by Gasteiger charge is -2.28. The standard InChI is InChI=1S/C35H46N8O7/c1-21(2)16-28-34(48)40-30(23(4)44)35(49)39-29(17-24-10-6-5-7-11-24)33(47)36-19-26-20-43(42-41-26)14-9-15-50-27-13-8-12-25(18-27)32(46)37-22(3)31(45)38-28/h5-8,10-13,18,20-23,28-30,44H,9,14-17,19H2,1-4H3,(H,36,47)(H,37,46)(H,38,45)(H,39,49)(H,40,48)/t22-,23-,28-,29+,30+/m1/s1. The van der Waals surface area contributed by atoms with Crippen LogP contribution >= 0.6 is 0 Å². The molecule has 0 spiro atoms. The SMILES string of the molecule is CC(C)C[C@H]1NC(=O)[C@@H](C)NC(=O)c2cccc(c2)OCCCn2cc(nn2)CNC(=O)[C@H](Cc2ccccc2)NC(=O)[C@H]([C@@H](C)O)NC1=O. The number of ether oxygens (including phenoxy) is 1. The van der Waals surface area contributed by atoms with Gasteiger partial charge in [-0.15, -0.1) is 5.10 Å². The van der Waals surface area contributed by atoms with Crippen molar-refractivity contribution in [3.05, 3.63) is 77.6 Å². The number of fused-ring (bicyclic) bond motifs is 4. The van der Waals surface area contributed by atoms with E-state index < -0.39 is 59.8 Å². The minimum Gasteiger partial charge on any atom is -0.494 e. The van der Waals surface area contributed by atoms with Gasteiger partial charge in [0.2, 0.25) is 23.6 Å². The molecule has 5 amide bonds. The lowest BCUT2D eigenvalue weighted by atomic mass is 10.0. The summed E-state index contributed by atoms with van der Waals surface area (Å²) in [5, 5.41) is 32.2. The molecule has 0 fully saturated rings. The Labute approximate surface area is 290 Å². The average molecular weight is 691 g/mol. The molecule has 50 heavy (non-hydrogen) atoms. The minimum absolute atomic E-state index is 0.0386. The number of aryl methyl sites for hydroxylation is 1. The number of aromatic nitrogens is 3. The number of rotatable bonds is 5. The molecule has 2 aromatic carbocycles. The third-order valence-corrected chi connectivity index (χ3v) is 7.99. The molecule has 15 heteroatoms. The van der Waals surface area contributed by atoms with Crippen LogP contribution in [0.4, 0.5) is 0 Å². The second-order valence-corrected chi connectivity index (χ2v) is 12.8. The number of nitrogens with zero attached hydrogens (tertiary/aromatic N) is 3. The Hall–Kier alpha value is -5.31. The minimum atomic E-state index is -1.46. The number of carbonyl (C=O) groups is 5. The van der Waals surface area contributed by atoms with Gasteiger partial charge in [-0.1, -0.05) is 55.5 Å². The molecule has 3 aromatic rings. The van der Waals surface area contributed by atoms with Gasteiger partial charge in [0.15, 0.2) is 0 Å². The number of aliphatic hydroxyl groups excluding tert-OH is 1. The molecule has 0 saturated heterocycles. The number of hydrogen-bond donors (Lipinski definition) is 6. The Morgan fingerprint density at radius 3 is 2.34 bits per heavy atom. The monoisotopic (exact) mass is 690 g/mol. The van der Waals surface area contributed by atoms with Gasteiger partial charge in [-0.2, -0.15) is 0 Å². The van der Waals surface area contributed by atoms with E-state index in [2.05, 4.69) is 36.9 Å². The first-order valence-electron chi connectivity index (χ1n) is 16.7. The maximum Gasteiger partial charge on any atom is 0.252 e. The molecule has 15 nitrogen and oxygen atoms in total. The highest BCUT2D eigenvalue weighted by atomic mass is 16.5. The number of nitrogens with one attached hydrogen (secondary N) is 5. The largest absolute Gasteiger partial charge is 0.494 e. The molecular weight excluding hydrogens is 644 g/mol. The van der Waals surface area contributed by atoms with Crippen molar-refractivity contribution in [1.29, 1.82) is 0 Å². The van der Waals surface area contributed by atoms with Gasteiger partial charge in [0.25, 0.3) is 5.91 Å². The molecule has 2 heterocycles. The molecule has 5 atom stereocenters. The Morgan fingerprint density at radius 2 is 1.62 bits per heavy atom. The Balaban J connectivity index is 1.60. The second-order valence-electron chi connectivity index (χ2n) is 12.8. The van der Waals surface area contributed by atoms with Crippen LogP contribution in [0.1, 0.15) is 62.2 Å². The average Bonchev–Trinajstić information content (AvgIpc) is 3.54. The van der Waals surface area contributed by atoms with E-state index in [0.717, 1.165) is 5.56 Å². The number of hydrogen-bond acceptors (Lipinski definition) is 9. The van der Waals surface area contributed by atoms with Crippen molar-refractivity contribution in [1.82, 2.24) is 41.6 Å². The van der Waals surface area contributed by atoms with Gasteiger partial charge in [-0.3, -0.25) is 28.7 Å². The molecule has 0 radical (unpaired) electrons. The lowest BCUT2D eigenvalue weighted by molar-refractivity contribution is -0.136. The molecule has 0 aliphatic carbocycles. The summed E-state index contributed by atoms with van der Waals surface area (Å²) in [5.41, 5.74) is 1.55. The third kappa shape index (κ3) is 11.1. The zero-order valence-corrected chi connectivity index (χ0v) is 28.7. The molecule has 6 N–H and O–H groups in total. The summed E-state index contributed by atoms with van der Waals surface area (Å²) in [6, 6.07) is 11.0. The van der Waals surface area contributed by atoms with Crippen LogP contribution < -0.4 is 31.3 Å². The molecule has 0 unspecified atom stereocenters. The molecule has 4 bridgehead atoms. The Kier molecular flexibility index (Phi) is 13.4. The van der Waals surface area contributed by atoms with E-state index in [1.165, 1.54) is 13.8 Å². The highest BCUT2D eigenvalue weighted by Crippen LogP contribution is 2.15. The van der Waals surface area contributed by atoms with Crippen molar-refractivity contribution >= 4 is 29.5 Å². The number of amides is 5. The van der Waals surface area contributed by atoms with E-state index in [0.29, 0.717) is 31.0 Å². The van der Waals surface area contributed by atoms with Gasteiger partial charge in [0.05, 0.1) is 25.5 Å². The summed E-state index contributed by atoms with van der Waals surface area (Å²) in [6.07, 6.45) is 1.24. The van der Waals surface area contributed by atoms with Crippen LogP contribution in [0.5, 0.6) is 5.75 Å². The first-order valence-corrected chi connectivity index (χ1v) is 16.7. The summed E-state index contributed by atoms with van der Waals surface area (Å²) >= 11 is 0. The van der Waals surface area contributed by atoms with Gasteiger partial charge < -0.3 is 36.4 Å². The van der Waals surface area contributed by atoms with Crippen LogP contribution in [-0.4, -0.2) is 86.5 Å². The van der Waals surface area contributed by atoms with E-state index >= 15 is 0 Å². The highest BCUT2D eigenvalue weighted by molar-refractivity contribution is 5.99. The molecular formula is C35H46N8O7. The van der Waals surface area contributed by atoms with Gasteiger partial charge in [0, 0.05) is 24.9 Å². The van der Waals surface area contributed by atoms with E-state index in [4.69, 9.17) is 4.74 Å². The van der Waals surface area contributed by atoms with Crippen molar-refractivity contribution in [3.8, 4) is 5.75 Å². The Bertz CT molecular complexity index is 1630. The molecule has 1 aliphatic heterocycles. The second kappa shape index (κ2) is 17.9. The normalized spacial score (nSPS) is 22.4. The zero-order valence-electron chi connectivity index (χ0n) is 28.7. The summed E-state index contributed by atoms with van der Waals surface area (Å²) in [4.78, 5) is 66.9. The maximum atomic E-state index is 13.6. The number of carbonyl (C=O) groups excluding carboxylic acids is 5. The lowest BCUT2D eigenvalue weighted by Crippen LogP contribution is -2.60. The van der Waals surface area contributed by atoms with Crippen LogP contribution in [0.25, 0.3) is 0 Å². The quantitative estimate of drug-likeness (QED) is 0.222. The topological polar surface area (TPSA) is 206 Å². The summed E-state index contributed by atoms with van der Waals surface area (Å²) in [6.45, 7) is 7.39. The first-order chi connectivity index (χ1) is 23.9. The molecule has 1 aliphatic rings. The summed E-state index contributed by atoms with van der Waals surface area (Å²) in [7, 11) is 0. The van der Waals surface area contributed by atoms with Crippen LogP contribution in [0.2, 0.25) is 0 Å². The van der Waals surface area contributed by atoms with Crippen LogP contribution in [-0.2, 0) is 38.7 Å². The van der Waals surface area contributed by atoms with E-state index in [-0.39, 0.29) is 30.9 Å². The van der Waals surface area contributed by atoms with E-state index in [1.54, 1.807) is 35.1 Å². The smallest absolute Gasteiger partial charge is 0.252 e. The molecule has 4 rings (SSSR count). The first kappa shape index (κ1) is 37.5. The van der Waals surface area contributed by atoms with Crippen molar-refractivity contribution in [2.24, 2.45) is 5.92 Å². The van der Waals surface area contributed by atoms with Crippen molar-refractivity contribution in [3.63, 3.8) is 0 Å². The predicted molar refractivity (Wildman–Crippen MR) is 182 cm³/mol. The third-order valence-electron chi connectivity index (χ3n) is 7.99. The van der Waals surface area contributed by atoms with Crippen molar-refractivity contribution in [2.45, 2.75) is 90.3 Å². The van der Waals surface area contributed by atoms with Crippen molar-refractivity contribution in [2.75, 3.05) is 6.61 Å². The van der Waals surface area contributed by atoms with Crippen LogP contribution in [0.15, 0.2) is 60.8 Å². The number of aliphatic hydroxyl groups is 1. The molecule has 1 aromatic heterocycles. The van der Waals surface area contributed by atoms with Gasteiger partial charge >= 0.3 is 0 Å². The highest BCUT2D eigenvalue weighted by Gasteiger charge is 2.33. The molecule has 268 valence electrons. The van der Waals surface area contributed by atoms with E-state index in [1.807, 2.05) is 44.2 Å².